The third kappa shape index (κ3) is 2.69. The summed E-state index contributed by atoms with van der Waals surface area (Å²) in [5, 5.41) is 4.21. The van der Waals surface area contributed by atoms with Crippen molar-refractivity contribution < 1.29 is 14.3 Å². The second-order valence-corrected chi connectivity index (χ2v) is 4.21. The zero-order valence-corrected chi connectivity index (χ0v) is 11.4. The molecule has 1 heterocycles. The molecule has 0 N–H and O–H groups in total. The Balaban J connectivity index is 2.84. The van der Waals surface area contributed by atoms with E-state index in [0.29, 0.717) is 0 Å². The summed E-state index contributed by atoms with van der Waals surface area (Å²) in [5.41, 5.74) is 1.68. The Labute approximate surface area is 103 Å². The summed E-state index contributed by atoms with van der Waals surface area (Å²) in [4.78, 5) is 11.8. The quantitative estimate of drug-likeness (QED) is 0.765. The lowest BCUT2D eigenvalue weighted by Gasteiger charge is -2.11. The SMILES string of the molecule is COC(OC)C(=O)Cc1c(Br)c(C)nn1C. The van der Waals surface area contributed by atoms with Gasteiger partial charge in [0, 0.05) is 21.3 Å². The maximum absolute atomic E-state index is 11.8. The smallest absolute Gasteiger partial charge is 0.217 e. The predicted molar refractivity (Wildman–Crippen MR) is 62.2 cm³/mol. The van der Waals surface area contributed by atoms with Crippen LogP contribution in [0.1, 0.15) is 11.4 Å². The van der Waals surface area contributed by atoms with E-state index in [1.807, 2.05) is 6.92 Å². The van der Waals surface area contributed by atoms with E-state index in [9.17, 15) is 4.79 Å². The molecule has 0 aliphatic rings. The van der Waals surface area contributed by atoms with Gasteiger partial charge < -0.3 is 9.47 Å². The van der Waals surface area contributed by atoms with Gasteiger partial charge in [0.15, 0.2) is 5.78 Å². The number of nitrogens with zero attached hydrogens (tertiary/aromatic N) is 2. The number of carbonyl (C=O) groups excluding carboxylic acids is 1. The maximum Gasteiger partial charge on any atom is 0.217 e. The molecule has 16 heavy (non-hydrogen) atoms. The van der Waals surface area contributed by atoms with Crippen molar-refractivity contribution in [3.8, 4) is 0 Å². The summed E-state index contributed by atoms with van der Waals surface area (Å²) in [6.45, 7) is 1.88. The van der Waals surface area contributed by atoms with E-state index in [1.54, 1.807) is 11.7 Å². The number of aryl methyl sites for hydroxylation is 2. The molecule has 1 aromatic rings. The van der Waals surface area contributed by atoms with Gasteiger partial charge in [-0.3, -0.25) is 9.48 Å². The number of halogens is 1. The third-order valence-electron chi connectivity index (χ3n) is 2.29. The molecule has 0 aliphatic carbocycles. The maximum atomic E-state index is 11.8. The molecule has 6 heteroatoms. The zero-order chi connectivity index (χ0) is 12.3. The highest BCUT2D eigenvalue weighted by atomic mass is 79.9. The van der Waals surface area contributed by atoms with Crippen molar-refractivity contribution in [1.82, 2.24) is 9.78 Å². The van der Waals surface area contributed by atoms with Crippen molar-refractivity contribution in [2.75, 3.05) is 14.2 Å². The Bertz CT molecular complexity index is 386. The summed E-state index contributed by atoms with van der Waals surface area (Å²) >= 11 is 3.41. The highest BCUT2D eigenvalue weighted by molar-refractivity contribution is 9.10. The van der Waals surface area contributed by atoms with Crippen molar-refractivity contribution in [1.29, 1.82) is 0 Å². The molecule has 0 spiro atoms. The topological polar surface area (TPSA) is 53.4 Å². The lowest BCUT2D eigenvalue weighted by molar-refractivity contribution is -0.156. The molecular weight excluding hydrogens is 276 g/mol. The van der Waals surface area contributed by atoms with Crippen molar-refractivity contribution in [2.45, 2.75) is 19.6 Å². The molecule has 0 fully saturated rings. The van der Waals surface area contributed by atoms with E-state index in [1.165, 1.54) is 14.2 Å². The fourth-order valence-electron chi connectivity index (χ4n) is 1.48. The summed E-state index contributed by atoms with van der Waals surface area (Å²) in [6, 6.07) is 0. The molecule has 0 aromatic carbocycles. The average Bonchev–Trinajstić information content (AvgIpc) is 2.47. The van der Waals surface area contributed by atoms with Crippen LogP contribution >= 0.6 is 15.9 Å². The number of rotatable bonds is 5. The van der Waals surface area contributed by atoms with Gasteiger partial charge in [0.05, 0.1) is 22.3 Å². The first-order valence-corrected chi connectivity index (χ1v) is 5.56. The van der Waals surface area contributed by atoms with Gasteiger partial charge in [0.25, 0.3) is 0 Å². The van der Waals surface area contributed by atoms with E-state index < -0.39 is 6.29 Å². The number of aromatic nitrogens is 2. The predicted octanol–water partition coefficient (Wildman–Crippen LogP) is 1.22. The van der Waals surface area contributed by atoms with Crippen LogP contribution < -0.4 is 0 Å². The number of hydrogen-bond donors (Lipinski definition) is 0. The molecule has 0 aliphatic heterocycles. The van der Waals surface area contributed by atoms with Crippen molar-refractivity contribution in [2.24, 2.45) is 7.05 Å². The van der Waals surface area contributed by atoms with Crippen LogP contribution in [0.3, 0.4) is 0 Å². The summed E-state index contributed by atoms with van der Waals surface area (Å²) in [5.74, 6) is -0.131. The van der Waals surface area contributed by atoms with E-state index in [2.05, 4.69) is 21.0 Å². The van der Waals surface area contributed by atoms with E-state index in [4.69, 9.17) is 9.47 Å². The van der Waals surface area contributed by atoms with Crippen LogP contribution in [0.5, 0.6) is 0 Å². The number of carbonyl (C=O) groups is 1. The molecule has 5 nitrogen and oxygen atoms in total. The van der Waals surface area contributed by atoms with Gasteiger partial charge in [-0.15, -0.1) is 0 Å². The molecule has 0 unspecified atom stereocenters. The fraction of sp³-hybridized carbons (Fsp3) is 0.600. The Morgan fingerprint density at radius 2 is 2.06 bits per heavy atom. The standard InChI is InChI=1S/C10H15BrN2O3/c1-6-9(11)7(13(2)12-6)5-8(14)10(15-3)16-4/h10H,5H2,1-4H3. The highest BCUT2D eigenvalue weighted by Gasteiger charge is 2.21. The molecule has 0 saturated carbocycles. The molecular formula is C10H15BrN2O3. The van der Waals surface area contributed by atoms with Crippen LogP contribution in [-0.4, -0.2) is 36.1 Å². The number of methoxy groups -OCH3 is 2. The van der Waals surface area contributed by atoms with Gasteiger partial charge in [0.2, 0.25) is 6.29 Å². The van der Waals surface area contributed by atoms with Gasteiger partial charge in [0.1, 0.15) is 0 Å². The molecule has 0 saturated heterocycles. The fourth-order valence-corrected chi connectivity index (χ4v) is 1.96. The minimum Gasteiger partial charge on any atom is -0.349 e. The molecule has 1 aromatic heterocycles. The zero-order valence-electron chi connectivity index (χ0n) is 9.78. The van der Waals surface area contributed by atoms with Crippen LogP contribution in [0.15, 0.2) is 4.47 Å². The number of Topliss-reactive ketones (excluding diaryl/α,β-unsaturated/α-hetero) is 1. The van der Waals surface area contributed by atoms with Gasteiger partial charge in [-0.25, -0.2) is 0 Å². The Morgan fingerprint density at radius 1 is 1.50 bits per heavy atom. The van der Waals surface area contributed by atoms with Crippen LogP contribution in [-0.2, 0) is 27.7 Å². The van der Waals surface area contributed by atoms with Crippen LogP contribution in [0.4, 0.5) is 0 Å². The highest BCUT2D eigenvalue weighted by Crippen LogP contribution is 2.21. The average molecular weight is 291 g/mol. The number of ether oxygens (including phenoxy) is 2. The minimum atomic E-state index is -0.817. The number of hydrogen-bond acceptors (Lipinski definition) is 4. The second-order valence-electron chi connectivity index (χ2n) is 3.42. The van der Waals surface area contributed by atoms with Crippen molar-refractivity contribution in [3.05, 3.63) is 15.9 Å². The van der Waals surface area contributed by atoms with Gasteiger partial charge in [-0.05, 0) is 22.9 Å². The molecule has 0 bridgehead atoms. The van der Waals surface area contributed by atoms with Crippen molar-refractivity contribution >= 4 is 21.7 Å². The molecule has 1 rings (SSSR count). The van der Waals surface area contributed by atoms with Crippen LogP contribution in [0.25, 0.3) is 0 Å². The first kappa shape index (κ1) is 13.3. The minimum absolute atomic E-state index is 0.131. The summed E-state index contributed by atoms with van der Waals surface area (Å²) < 4.78 is 12.3. The van der Waals surface area contributed by atoms with Gasteiger partial charge in [-0.1, -0.05) is 0 Å². The summed E-state index contributed by atoms with van der Waals surface area (Å²) in [7, 11) is 4.68. The normalized spacial score (nSPS) is 11.1. The molecule has 90 valence electrons. The van der Waals surface area contributed by atoms with Crippen LogP contribution in [0.2, 0.25) is 0 Å². The van der Waals surface area contributed by atoms with Gasteiger partial charge >= 0.3 is 0 Å². The van der Waals surface area contributed by atoms with Gasteiger partial charge in [-0.2, -0.15) is 5.10 Å². The summed E-state index contributed by atoms with van der Waals surface area (Å²) in [6.07, 6.45) is -0.591. The first-order chi connectivity index (χ1) is 7.51. The van der Waals surface area contributed by atoms with E-state index in [-0.39, 0.29) is 12.2 Å². The molecule has 0 amide bonds. The first-order valence-electron chi connectivity index (χ1n) is 4.77. The van der Waals surface area contributed by atoms with E-state index in [0.717, 1.165) is 15.9 Å². The monoisotopic (exact) mass is 290 g/mol. The van der Waals surface area contributed by atoms with Crippen LogP contribution in [0, 0.1) is 6.92 Å². The van der Waals surface area contributed by atoms with E-state index >= 15 is 0 Å². The second kappa shape index (κ2) is 5.56. The lowest BCUT2D eigenvalue weighted by Crippen LogP contribution is -2.27. The Kier molecular flexibility index (Phi) is 4.64. The Hall–Kier alpha value is -0.720. The molecule has 0 radical (unpaired) electrons. The molecule has 0 atom stereocenters. The lowest BCUT2D eigenvalue weighted by atomic mass is 10.2. The van der Waals surface area contributed by atoms with Crippen molar-refractivity contribution in [3.63, 3.8) is 0 Å². The third-order valence-corrected chi connectivity index (χ3v) is 3.33. The largest absolute Gasteiger partial charge is 0.349 e. The Morgan fingerprint density at radius 3 is 2.44 bits per heavy atom. The number of ketones is 1.